The van der Waals surface area contributed by atoms with E-state index in [1.165, 1.54) is 12.1 Å². The minimum Gasteiger partial charge on any atom is -0.481 e. The molecule has 0 aliphatic rings. The van der Waals surface area contributed by atoms with Crippen molar-refractivity contribution in [3.8, 4) is 0 Å². The van der Waals surface area contributed by atoms with Gasteiger partial charge in [0.2, 0.25) is 5.91 Å². The van der Waals surface area contributed by atoms with Gasteiger partial charge in [-0.3, -0.25) is 14.4 Å². The van der Waals surface area contributed by atoms with E-state index in [4.69, 9.17) is 5.11 Å². The first-order chi connectivity index (χ1) is 13.2. The second-order valence-corrected chi connectivity index (χ2v) is 5.87. The summed E-state index contributed by atoms with van der Waals surface area (Å²) in [5, 5.41) is 13.7. The van der Waals surface area contributed by atoms with Crippen molar-refractivity contribution in [2.24, 2.45) is 0 Å². The molecule has 2 aromatic carbocycles. The van der Waals surface area contributed by atoms with Crippen LogP contribution < -0.4 is 10.6 Å². The molecule has 9 heteroatoms. The topological polar surface area (TPSA) is 95.5 Å². The van der Waals surface area contributed by atoms with Crippen molar-refractivity contribution in [3.63, 3.8) is 0 Å². The van der Waals surface area contributed by atoms with Gasteiger partial charge in [0.05, 0.1) is 16.9 Å². The number of carbonyl (C=O) groups is 3. The Morgan fingerprint density at radius 2 is 1.43 bits per heavy atom. The molecule has 0 aliphatic carbocycles. The second-order valence-electron chi connectivity index (χ2n) is 5.87. The Morgan fingerprint density at radius 3 is 1.96 bits per heavy atom. The number of halogens is 3. The van der Waals surface area contributed by atoms with Gasteiger partial charge >= 0.3 is 12.1 Å². The quantitative estimate of drug-likeness (QED) is 0.657. The molecule has 148 valence electrons. The summed E-state index contributed by atoms with van der Waals surface area (Å²) in [5.74, 6) is -2.06. The number of para-hydroxylation sites is 2. The summed E-state index contributed by atoms with van der Waals surface area (Å²) in [7, 11) is 0. The fourth-order valence-corrected chi connectivity index (χ4v) is 2.32. The van der Waals surface area contributed by atoms with Crippen molar-refractivity contribution in [2.75, 3.05) is 10.6 Å². The Bertz CT molecular complexity index is 864. The van der Waals surface area contributed by atoms with Crippen LogP contribution >= 0.6 is 0 Å². The fourth-order valence-electron chi connectivity index (χ4n) is 2.32. The first-order valence-electron chi connectivity index (χ1n) is 8.26. The molecular formula is C19H17F3N2O4. The first-order valence-corrected chi connectivity index (χ1v) is 8.26. The highest BCUT2D eigenvalue weighted by Crippen LogP contribution is 2.29. The van der Waals surface area contributed by atoms with Crippen LogP contribution in [-0.2, 0) is 15.8 Å². The summed E-state index contributed by atoms with van der Waals surface area (Å²) in [4.78, 5) is 34.7. The van der Waals surface area contributed by atoms with Crippen molar-refractivity contribution in [1.82, 2.24) is 0 Å². The maximum atomic E-state index is 12.6. The van der Waals surface area contributed by atoms with Crippen LogP contribution in [0.3, 0.4) is 0 Å². The van der Waals surface area contributed by atoms with Gasteiger partial charge in [0.15, 0.2) is 0 Å². The minimum absolute atomic E-state index is 0.00646. The van der Waals surface area contributed by atoms with E-state index in [9.17, 15) is 27.6 Å². The highest BCUT2D eigenvalue weighted by atomic mass is 19.4. The van der Waals surface area contributed by atoms with Gasteiger partial charge in [0, 0.05) is 18.4 Å². The van der Waals surface area contributed by atoms with Crippen molar-refractivity contribution in [3.05, 3.63) is 59.7 Å². The molecule has 0 heterocycles. The zero-order chi connectivity index (χ0) is 20.7. The lowest BCUT2D eigenvalue weighted by atomic mass is 10.1. The van der Waals surface area contributed by atoms with Crippen LogP contribution in [0.5, 0.6) is 0 Å². The van der Waals surface area contributed by atoms with Crippen molar-refractivity contribution in [2.45, 2.75) is 25.4 Å². The average Bonchev–Trinajstić information content (AvgIpc) is 2.62. The summed E-state index contributed by atoms with van der Waals surface area (Å²) >= 11 is 0. The number of benzene rings is 2. The molecule has 0 saturated heterocycles. The van der Waals surface area contributed by atoms with E-state index in [0.29, 0.717) is 5.69 Å². The van der Waals surface area contributed by atoms with Gasteiger partial charge in [-0.05, 0) is 42.8 Å². The molecule has 0 aliphatic heterocycles. The van der Waals surface area contributed by atoms with E-state index in [0.717, 1.165) is 24.3 Å². The fraction of sp³-hybridized carbons (Fsp3) is 0.211. The van der Waals surface area contributed by atoms with Crippen LogP contribution in [0.2, 0.25) is 0 Å². The molecule has 0 radical (unpaired) electrons. The molecule has 6 nitrogen and oxygen atoms in total. The Labute approximate surface area is 158 Å². The normalized spacial score (nSPS) is 11.0. The van der Waals surface area contributed by atoms with Crippen LogP contribution in [0.4, 0.5) is 24.5 Å². The summed E-state index contributed by atoms with van der Waals surface area (Å²) < 4.78 is 37.8. The first kappa shape index (κ1) is 20.9. The highest BCUT2D eigenvalue weighted by molar-refractivity contribution is 6.07. The van der Waals surface area contributed by atoms with Gasteiger partial charge in [-0.1, -0.05) is 12.1 Å². The van der Waals surface area contributed by atoms with Crippen molar-refractivity contribution in [1.29, 1.82) is 0 Å². The average molecular weight is 394 g/mol. The SMILES string of the molecule is O=C(O)CCCC(=O)Nc1ccccc1NC(=O)c1ccc(C(F)(F)F)cc1. The highest BCUT2D eigenvalue weighted by Gasteiger charge is 2.30. The predicted molar refractivity (Wildman–Crippen MR) is 96.0 cm³/mol. The van der Waals surface area contributed by atoms with Crippen LogP contribution in [0, 0.1) is 0 Å². The number of rotatable bonds is 7. The summed E-state index contributed by atoms with van der Waals surface area (Å²) in [6, 6.07) is 10.0. The number of amides is 2. The van der Waals surface area contributed by atoms with Crippen LogP contribution in [-0.4, -0.2) is 22.9 Å². The van der Waals surface area contributed by atoms with Crippen molar-refractivity contribution >= 4 is 29.2 Å². The van der Waals surface area contributed by atoms with Gasteiger partial charge in [0.25, 0.3) is 5.91 Å². The van der Waals surface area contributed by atoms with E-state index in [1.54, 1.807) is 12.1 Å². The standard InChI is InChI=1S/C19H17F3N2O4/c20-19(21,22)13-10-8-12(9-11-13)18(28)24-15-5-2-1-4-14(15)23-16(25)6-3-7-17(26)27/h1-2,4-5,8-11H,3,6-7H2,(H,23,25)(H,24,28)(H,26,27). The molecule has 3 N–H and O–H groups in total. The zero-order valence-electron chi connectivity index (χ0n) is 14.5. The Kier molecular flexibility index (Phi) is 6.75. The molecule has 2 amide bonds. The van der Waals surface area contributed by atoms with E-state index in [-0.39, 0.29) is 30.5 Å². The van der Waals surface area contributed by atoms with E-state index >= 15 is 0 Å². The number of hydrogen-bond acceptors (Lipinski definition) is 3. The van der Waals surface area contributed by atoms with E-state index in [1.807, 2.05) is 0 Å². The minimum atomic E-state index is -4.49. The van der Waals surface area contributed by atoms with Crippen LogP contribution in [0.15, 0.2) is 48.5 Å². The number of alkyl halides is 3. The van der Waals surface area contributed by atoms with Gasteiger partial charge in [-0.25, -0.2) is 0 Å². The second kappa shape index (κ2) is 9.03. The molecule has 2 rings (SSSR count). The molecule has 28 heavy (non-hydrogen) atoms. The summed E-state index contributed by atoms with van der Waals surface area (Å²) in [5.41, 5.74) is -0.282. The maximum absolute atomic E-state index is 12.6. The molecule has 0 unspecified atom stereocenters. The van der Waals surface area contributed by atoms with Gasteiger partial charge in [0.1, 0.15) is 0 Å². The number of carboxylic acids is 1. The molecule has 0 saturated carbocycles. The number of aliphatic carboxylic acids is 1. The number of anilines is 2. The predicted octanol–water partition coefficient (Wildman–Crippen LogP) is 4.15. The zero-order valence-corrected chi connectivity index (χ0v) is 14.5. The van der Waals surface area contributed by atoms with Gasteiger partial charge in [-0.15, -0.1) is 0 Å². The van der Waals surface area contributed by atoms with Gasteiger partial charge < -0.3 is 15.7 Å². The number of hydrogen-bond donors (Lipinski definition) is 3. The number of carbonyl (C=O) groups excluding carboxylic acids is 2. The number of carboxylic acid groups (broad SMARTS) is 1. The van der Waals surface area contributed by atoms with Crippen LogP contribution in [0.1, 0.15) is 35.2 Å². The smallest absolute Gasteiger partial charge is 0.416 e. The molecular weight excluding hydrogens is 377 g/mol. The monoisotopic (exact) mass is 394 g/mol. The largest absolute Gasteiger partial charge is 0.481 e. The molecule has 0 fully saturated rings. The Balaban J connectivity index is 2.05. The third-order valence-corrected chi connectivity index (χ3v) is 3.72. The summed E-state index contributed by atoms with van der Waals surface area (Å²) in [6.45, 7) is 0. The van der Waals surface area contributed by atoms with E-state index < -0.39 is 29.5 Å². The van der Waals surface area contributed by atoms with Gasteiger partial charge in [-0.2, -0.15) is 13.2 Å². The Morgan fingerprint density at radius 1 is 0.857 bits per heavy atom. The molecule has 0 spiro atoms. The molecule has 0 atom stereocenters. The lowest BCUT2D eigenvalue weighted by Gasteiger charge is -2.13. The van der Waals surface area contributed by atoms with Crippen LogP contribution in [0.25, 0.3) is 0 Å². The number of nitrogens with one attached hydrogen (secondary N) is 2. The molecule has 2 aromatic rings. The Hall–Kier alpha value is -3.36. The lowest BCUT2D eigenvalue weighted by Crippen LogP contribution is -2.17. The van der Waals surface area contributed by atoms with E-state index in [2.05, 4.69) is 10.6 Å². The third-order valence-electron chi connectivity index (χ3n) is 3.72. The lowest BCUT2D eigenvalue weighted by molar-refractivity contribution is -0.138. The third kappa shape index (κ3) is 6.11. The maximum Gasteiger partial charge on any atom is 0.416 e. The summed E-state index contributed by atoms with van der Waals surface area (Å²) in [6.07, 6.45) is -4.47. The van der Waals surface area contributed by atoms with Crippen molar-refractivity contribution < 1.29 is 32.7 Å². The molecule has 0 aromatic heterocycles. The molecule has 0 bridgehead atoms.